The summed E-state index contributed by atoms with van der Waals surface area (Å²) in [4.78, 5) is 13.5. The number of esters is 1. The van der Waals surface area contributed by atoms with Crippen molar-refractivity contribution in [3.8, 4) is 0 Å². The van der Waals surface area contributed by atoms with Crippen LogP contribution in [0, 0.1) is 0 Å². The molecule has 0 aliphatic carbocycles. The second kappa shape index (κ2) is 8.20. The lowest BCUT2D eigenvalue weighted by Crippen LogP contribution is -2.31. The molecule has 1 heterocycles. The van der Waals surface area contributed by atoms with Crippen molar-refractivity contribution < 1.29 is 9.53 Å². The summed E-state index contributed by atoms with van der Waals surface area (Å²) in [5, 5.41) is 0. The van der Waals surface area contributed by atoms with Gasteiger partial charge in [-0.25, -0.2) is 0 Å². The molecule has 2 rings (SSSR count). The second-order valence-electron chi connectivity index (χ2n) is 5.15. The minimum absolute atomic E-state index is 0.233. The molecular weight excluding hydrogens is 276 g/mol. The SMILES string of the molecule is C=CCN(CC(=O)OC)Cc1cccn1Cc1ccccc1. The summed E-state index contributed by atoms with van der Waals surface area (Å²) in [5.41, 5.74) is 2.41. The molecule has 0 atom stereocenters. The van der Waals surface area contributed by atoms with Gasteiger partial charge < -0.3 is 9.30 Å². The highest BCUT2D eigenvalue weighted by Gasteiger charge is 2.12. The zero-order valence-corrected chi connectivity index (χ0v) is 12.9. The maximum absolute atomic E-state index is 11.5. The molecule has 0 saturated heterocycles. The molecular formula is C18H22N2O2. The Hall–Kier alpha value is -2.33. The summed E-state index contributed by atoms with van der Waals surface area (Å²) in [5.74, 6) is -0.233. The number of methoxy groups -OCH3 is 1. The quantitative estimate of drug-likeness (QED) is 0.555. The number of aromatic nitrogens is 1. The summed E-state index contributed by atoms with van der Waals surface area (Å²) >= 11 is 0. The average molecular weight is 298 g/mol. The van der Waals surface area contributed by atoms with Crippen molar-refractivity contribution in [2.75, 3.05) is 20.2 Å². The molecule has 0 bridgehead atoms. The normalized spacial score (nSPS) is 10.6. The summed E-state index contributed by atoms with van der Waals surface area (Å²) in [7, 11) is 1.41. The summed E-state index contributed by atoms with van der Waals surface area (Å²) in [6, 6.07) is 14.4. The van der Waals surface area contributed by atoms with E-state index in [1.54, 1.807) is 6.08 Å². The molecule has 0 spiro atoms. The van der Waals surface area contributed by atoms with E-state index in [4.69, 9.17) is 4.74 Å². The van der Waals surface area contributed by atoms with Gasteiger partial charge in [-0.1, -0.05) is 36.4 Å². The third-order valence-electron chi connectivity index (χ3n) is 3.47. The zero-order valence-electron chi connectivity index (χ0n) is 12.9. The first-order chi connectivity index (χ1) is 10.7. The van der Waals surface area contributed by atoms with E-state index in [2.05, 4.69) is 35.5 Å². The highest BCUT2D eigenvalue weighted by atomic mass is 16.5. The van der Waals surface area contributed by atoms with Gasteiger partial charge in [-0.15, -0.1) is 6.58 Å². The average Bonchev–Trinajstić information content (AvgIpc) is 2.95. The highest BCUT2D eigenvalue weighted by Crippen LogP contribution is 2.10. The Labute approximate surface area is 131 Å². The van der Waals surface area contributed by atoms with Crippen LogP contribution in [0.15, 0.2) is 61.3 Å². The zero-order chi connectivity index (χ0) is 15.8. The molecule has 0 saturated carbocycles. The lowest BCUT2D eigenvalue weighted by molar-refractivity contribution is -0.141. The molecule has 1 aromatic carbocycles. The summed E-state index contributed by atoms with van der Waals surface area (Å²) in [6.45, 7) is 6.16. The monoisotopic (exact) mass is 298 g/mol. The van der Waals surface area contributed by atoms with Gasteiger partial charge in [0.1, 0.15) is 0 Å². The van der Waals surface area contributed by atoms with E-state index in [0.717, 1.165) is 12.2 Å². The first-order valence-electron chi connectivity index (χ1n) is 7.31. The molecule has 4 heteroatoms. The minimum Gasteiger partial charge on any atom is -0.468 e. The fraction of sp³-hybridized carbons (Fsp3) is 0.278. The van der Waals surface area contributed by atoms with Crippen LogP contribution in [0.1, 0.15) is 11.3 Å². The Morgan fingerprint density at radius 1 is 1.27 bits per heavy atom. The number of ether oxygens (including phenoxy) is 1. The predicted octanol–water partition coefficient (Wildman–Crippen LogP) is 2.70. The number of hydrogen-bond acceptors (Lipinski definition) is 3. The van der Waals surface area contributed by atoms with E-state index < -0.39 is 0 Å². The van der Waals surface area contributed by atoms with Crippen LogP contribution < -0.4 is 0 Å². The summed E-state index contributed by atoms with van der Waals surface area (Å²) in [6.07, 6.45) is 3.86. The molecule has 0 fully saturated rings. The molecule has 0 aliphatic heterocycles. The van der Waals surface area contributed by atoms with Crippen LogP contribution in [0.25, 0.3) is 0 Å². The van der Waals surface area contributed by atoms with Crippen LogP contribution in [0.5, 0.6) is 0 Å². The molecule has 0 aliphatic rings. The lowest BCUT2D eigenvalue weighted by atomic mass is 10.2. The van der Waals surface area contributed by atoms with Crippen LogP contribution in [0.2, 0.25) is 0 Å². The molecule has 0 amide bonds. The first-order valence-corrected chi connectivity index (χ1v) is 7.31. The number of nitrogens with zero attached hydrogens (tertiary/aromatic N) is 2. The maximum Gasteiger partial charge on any atom is 0.319 e. The van der Waals surface area contributed by atoms with Gasteiger partial charge in [0, 0.05) is 31.5 Å². The van der Waals surface area contributed by atoms with Gasteiger partial charge in [0.2, 0.25) is 0 Å². The van der Waals surface area contributed by atoms with Crippen LogP contribution in [-0.2, 0) is 22.6 Å². The smallest absolute Gasteiger partial charge is 0.319 e. The second-order valence-corrected chi connectivity index (χ2v) is 5.15. The molecule has 0 radical (unpaired) electrons. The Kier molecular flexibility index (Phi) is 5.98. The van der Waals surface area contributed by atoms with E-state index in [1.807, 2.05) is 29.2 Å². The van der Waals surface area contributed by atoms with E-state index in [1.165, 1.54) is 12.7 Å². The Morgan fingerprint density at radius 3 is 2.73 bits per heavy atom. The van der Waals surface area contributed by atoms with E-state index >= 15 is 0 Å². The van der Waals surface area contributed by atoms with Gasteiger partial charge in [0.15, 0.2) is 0 Å². The third-order valence-corrected chi connectivity index (χ3v) is 3.47. The number of carbonyl (C=O) groups is 1. The Morgan fingerprint density at radius 2 is 2.05 bits per heavy atom. The molecule has 0 unspecified atom stereocenters. The number of carbonyl (C=O) groups excluding carboxylic acids is 1. The third kappa shape index (κ3) is 4.60. The van der Waals surface area contributed by atoms with Crippen molar-refractivity contribution in [2.45, 2.75) is 13.1 Å². The van der Waals surface area contributed by atoms with Crippen molar-refractivity contribution in [3.05, 3.63) is 72.6 Å². The Bertz CT molecular complexity index is 605. The topological polar surface area (TPSA) is 34.5 Å². The van der Waals surface area contributed by atoms with Crippen molar-refractivity contribution >= 4 is 5.97 Å². The van der Waals surface area contributed by atoms with Gasteiger partial charge in [-0.3, -0.25) is 9.69 Å². The number of rotatable bonds is 8. The van der Waals surface area contributed by atoms with E-state index in [-0.39, 0.29) is 12.5 Å². The molecule has 22 heavy (non-hydrogen) atoms. The fourth-order valence-electron chi connectivity index (χ4n) is 2.37. The van der Waals surface area contributed by atoms with Gasteiger partial charge in [-0.05, 0) is 17.7 Å². The van der Waals surface area contributed by atoms with Crippen molar-refractivity contribution in [1.82, 2.24) is 9.47 Å². The van der Waals surface area contributed by atoms with Crippen LogP contribution in [0.3, 0.4) is 0 Å². The van der Waals surface area contributed by atoms with Gasteiger partial charge in [0.25, 0.3) is 0 Å². The molecule has 116 valence electrons. The van der Waals surface area contributed by atoms with Gasteiger partial charge in [-0.2, -0.15) is 0 Å². The van der Waals surface area contributed by atoms with E-state index in [0.29, 0.717) is 13.1 Å². The lowest BCUT2D eigenvalue weighted by Gasteiger charge is -2.20. The van der Waals surface area contributed by atoms with Crippen LogP contribution in [0.4, 0.5) is 0 Å². The molecule has 0 N–H and O–H groups in total. The molecule has 1 aromatic heterocycles. The van der Waals surface area contributed by atoms with Crippen molar-refractivity contribution in [2.24, 2.45) is 0 Å². The van der Waals surface area contributed by atoms with Crippen molar-refractivity contribution in [1.29, 1.82) is 0 Å². The van der Waals surface area contributed by atoms with Crippen molar-refractivity contribution in [3.63, 3.8) is 0 Å². The number of benzene rings is 1. The Balaban J connectivity index is 2.06. The van der Waals surface area contributed by atoms with Crippen LogP contribution >= 0.6 is 0 Å². The maximum atomic E-state index is 11.5. The number of hydrogen-bond donors (Lipinski definition) is 0. The van der Waals surface area contributed by atoms with Gasteiger partial charge in [0.05, 0.1) is 13.7 Å². The highest BCUT2D eigenvalue weighted by molar-refractivity contribution is 5.71. The fourth-order valence-corrected chi connectivity index (χ4v) is 2.37. The standard InChI is InChI=1S/C18H22N2O2/c1-3-11-19(15-18(21)22-2)14-17-10-7-12-20(17)13-16-8-5-4-6-9-16/h3-10,12H,1,11,13-15H2,2H3. The predicted molar refractivity (Wildman–Crippen MR) is 87.5 cm³/mol. The van der Waals surface area contributed by atoms with Crippen LogP contribution in [-0.4, -0.2) is 35.6 Å². The minimum atomic E-state index is -0.233. The molecule has 4 nitrogen and oxygen atoms in total. The molecule has 2 aromatic rings. The van der Waals surface area contributed by atoms with E-state index in [9.17, 15) is 4.79 Å². The largest absolute Gasteiger partial charge is 0.468 e. The summed E-state index contributed by atoms with van der Waals surface area (Å²) < 4.78 is 6.95. The van der Waals surface area contributed by atoms with Gasteiger partial charge >= 0.3 is 5.97 Å². The first kappa shape index (κ1) is 16.0.